The molecule has 0 fully saturated rings. The first-order chi connectivity index (χ1) is 10.2. The zero-order valence-electron chi connectivity index (χ0n) is 11.8. The van der Waals surface area contributed by atoms with E-state index in [9.17, 15) is 0 Å². The third-order valence-corrected chi connectivity index (χ3v) is 3.29. The Bertz CT molecular complexity index is 766. The number of nitrogens with zero attached hydrogens (tertiary/aromatic N) is 2. The van der Waals surface area contributed by atoms with Gasteiger partial charge in [0.15, 0.2) is 11.6 Å². The molecule has 0 amide bonds. The van der Waals surface area contributed by atoms with Crippen LogP contribution in [0.5, 0.6) is 5.75 Å². The lowest BCUT2D eigenvalue weighted by Crippen LogP contribution is -1.93. The van der Waals surface area contributed by atoms with Crippen molar-refractivity contribution >= 4 is 5.82 Å². The molecule has 0 unspecified atom stereocenters. The van der Waals surface area contributed by atoms with Crippen molar-refractivity contribution in [1.29, 1.82) is 0 Å². The molecule has 0 spiro atoms. The Morgan fingerprint density at radius 1 is 1.14 bits per heavy atom. The quantitative estimate of drug-likeness (QED) is 0.797. The second kappa shape index (κ2) is 5.28. The Kier molecular flexibility index (Phi) is 3.31. The fourth-order valence-electron chi connectivity index (χ4n) is 2.28. The van der Waals surface area contributed by atoms with Crippen LogP contribution < -0.4 is 10.5 Å². The van der Waals surface area contributed by atoms with E-state index < -0.39 is 0 Å². The number of hydrogen-bond acceptors (Lipinski definition) is 5. The lowest BCUT2D eigenvalue weighted by molar-refractivity contribution is 0.416. The zero-order chi connectivity index (χ0) is 14.8. The first-order valence-corrected chi connectivity index (χ1v) is 6.51. The number of rotatable bonds is 3. The van der Waals surface area contributed by atoms with Gasteiger partial charge in [0.2, 0.25) is 0 Å². The van der Waals surface area contributed by atoms with Gasteiger partial charge in [-0.3, -0.25) is 4.98 Å². The third kappa shape index (κ3) is 2.33. The monoisotopic (exact) mass is 281 g/mol. The predicted octanol–water partition coefficient (Wildman–Crippen LogP) is 3.30. The van der Waals surface area contributed by atoms with E-state index in [-0.39, 0.29) is 0 Å². The second-order valence-electron chi connectivity index (χ2n) is 4.71. The van der Waals surface area contributed by atoms with Crippen LogP contribution in [0.4, 0.5) is 5.82 Å². The molecule has 0 atom stereocenters. The Balaban J connectivity index is 2.24. The Morgan fingerprint density at radius 2 is 1.90 bits per heavy atom. The first-order valence-electron chi connectivity index (χ1n) is 6.51. The van der Waals surface area contributed by atoms with Crippen molar-refractivity contribution in [1.82, 2.24) is 10.1 Å². The Morgan fingerprint density at radius 3 is 2.62 bits per heavy atom. The number of ether oxygens (including phenoxy) is 1. The Labute approximate surface area is 122 Å². The Hall–Kier alpha value is -2.82. The van der Waals surface area contributed by atoms with E-state index in [0.717, 1.165) is 28.0 Å². The fourth-order valence-corrected chi connectivity index (χ4v) is 2.28. The van der Waals surface area contributed by atoms with E-state index in [1.165, 1.54) is 0 Å². The van der Waals surface area contributed by atoms with Gasteiger partial charge in [-0.15, -0.1) is 0 Å². The summed E-state index contributed by atoms with van der Waals surface area (Å²) in [4.78, 5) is 4.01. The molecule has 2 heterocycles. The van der Waals surface area contributed by atoms with Crippen LogP contribution in [-0.4, -0.2) is 17.3 Å². The molecule has 5 nitrogen and oxygen atoms in total. The molecular formula is C16H15N3O2. The van der Waals surface area contributed by atoms with E-state index in [0.29, 0.717) is 11.6 Å². The first kappa shape index (κ1) is 13.2. The molecule has 21 heavy (non-hydrogen) atoms. The summed E-state index contributed by atoms with van der Waals surface area (Å²) < 4.78 is 10.8. The van der Waals surface area contributed by atoms with E-state index >= 15 is 0 Å². The van der Waals surface area contributed by atoms with Gasteiger partial charge in [-0.2, -0.15) is 0 Å². The van der Waals surface area contributed by atoms with E-state index in [1.54, 1.807) is 19.5 Å². The van der Waals surface area contributed by atoms with Crippen LogP contribution in [0, 0.1) is 6.92 Å². The average molecular weight is 281 g/mol. The normalized spacial score (nSPS) is 10.6. The standard InChI is InChI=1S/C16H15N3O2/c1-10-3-4-13(20-2)12(9-10)14-15(21-19-16(14)17)11-5-7-18-8-6-11/h3-9H,1-2H3,(H2,17,19). The van der Waals surface area contributed by atoms with Crippen molar-refractivity contribution in [2.45, 2.75) is 6.92 Å². The molecule has 0 saturated carbocycles. The molecule has 106 valence electrons. The smallest absolute Gasteiger partial charge is 0.177 e. The summed E-state index contributed by atoms with van der Waals surface area (Å²) in [6, 6.07) is 9.61. The summed E-state index contributed by atoms with van der Waals surface area (Å²) in [5.74, 6) is 1.68. The maximum Gasteiger partial charge on any atom is 0.177 e. The largest absolute Gasteiger partial charge is 0.496 e. The van der Waals surface area contributed by atoms with Crippen molar-refractivity contribution < 1.29 is 9.26 Å². The molecule has 0 bridgehead atoms. The van der Waals surface area contributed by atoms with Crippen LogP contribution in [0.2, 0.25) is 0 Å². The summed E-state index contributed by atoms with van der Waals surface area (Å²) in [5.41, 5.74) is 9.58. The summed E-state index contributed by atoms with van der Waals surface area (Å²) in [6.07, 6.45) is 3.40. The maximum atomic E-state index is 6.01. The summed E-state index contributed by atoms with van der Waals surface area (Å²) in [7, 11) is 1.63. The SMILES string of the molecule is COc1ccc(C)cc1-c1c(N)noc1-c1ccncc1. The predicted molar refractivity (Wildman–Crippen MR) is 80.9 cm³/mol. The van der Waals surface area contributed by atoms with Crippen molar-refractivity contribution in [3.8, 4) is 28.2 Å². The van der Waals surface area contributed by atoms with Gasteiger partial charge in [0.05, 0.1) is 12.7 Å². The lowest BCUT2D eigenvalue weighted by atomic mass is 9.99. The van der Waals surface area contributed by atoms with Gasteiger partial charge >= 0.3 is 0 Å². The van der Waals surface area contributed by atoms with Gasteiger partial charge in [0, 0.05) is 23.5 Å². The minimum absolute atomic E-state index is 0.339. The molecule has 3 rings (SSSR count). The van der Waals surface area contributed by atoms with Gasteiger partial charge in [-0.1, -0.05) is 16.8 Å². The van der Waals surface area contributed by atoms with Crippen molar-refractivity contribution in [3.63, 3.8) is 0 Å². The fraction of sp³-hybridized carbons (Fsp3) is 0.125. The van der Waals surface area contributed by atoms with Gasteiger partial charge in [-0.25, -0.2) is 0 Å². The highest BCUT2D eigenvalue weighted by atomic mass is 16.5. The summed E-state index contributed by atoms with van der Waals surface area (Å²) in [5, 5.41) is 3.90. The van der Waals surface area contributed by atoms with Crippen LogP contribution in [0.15, 0.2) is 47.2 Å². The minimum Gasteiger partial charge on any atom is -0.496 e. The minimum atomic E-state index is 0.339. The molecule has 2 N–H and O–H groups in total. The van der Waals surface area contributed by atoms with Crippen LogP contribution in [0.1, 0.15) is 5.56 Å². The number of methoxy groups -OCH3 is 1. The molecule has 0 saturated heterocycles. The number of nitrogens with two attached hydrogens (primary N) is 1. The summed E-state index contributed by atoms with van der Waals surface area (Å²) in [6.45, 7) is 2.01. The van der Waals surface area contributed by atoms with Crippen LogP contribution >= 0.6 is 0 Å². The molecule has 0 aliphatic rings. The van der Waals surface area contributed by atoms with Gasteiger partial charge in [0.25, 0.3) is 0 Å². The molecule has 3 aromatic rings. The summed E-state index contributed by atoms with van der Waals surface area (Å²) >= 11 is 0. The highest BCUT2D eigenvalue weighted by Crippen LogP contribution is 2.41. The molecule has 0 aliphatic heterocycles. The number of nitrogen functional groups attached to an aromatic ring is 1. The molecule has 0 radical (unpaired) electrons. The molecule has 1 aromatic carbocycles. The number of anilines is 1. The third-order valence-electron chi connectivity index (χ3n) is 3.29. The van der Waals surface area contributed by atoms with Crippen molar-refractivity contribution in [3.05, 3.63) is 48.3 Å². The van der Waals surface area contributed by atoms with E-state index in [4.69, 9.17) is 15.0 Å². The molecule has 0 aliphatic carbocycles. The number of hydrogen-bond donors (Lipinski definition) is 1. The van der Waals surface area contributed by atoms with Crippen LogP contribution in [0.3, 0.4) is 0 Å². The van der Waals surface area contributed by atoms with Crippen LogP contribution in [-0.2, 0) is 0 Å². The molecular weight excluding hydrogens is 266 g/mol. The van der Waals surface area contributed by atoms with Gasteiger partial charge in [-0.05, 0) is 31.2 Å². The maximum absolute atomic E-state index is 6.01. The number of benzene rings is 1. The second-order valence-corrected chi connectivity index (χ2v) is 4.71. The van der Waals surface area contributed by atoms with Gasteiger partial charge in [0.1, 0.15) is 5.75 Å². The van der Waals surface area contributed by atoms with E-state index in [2.05, 4.69) is 10.1 Å². The molecule has 2 aromatic heterocycles. The van der Waals surface area contributed by atoms with Gasteiger partial charge < -0.3 is 15.0 Å². The lowest BCUT2D eigenvalue weighted by Gasteiger charge is -2.09. The molecule has 5 heteroatoms. The average Bonchev–Trinajstić information content (AvgIpc) is 2.89. The number of aryl methyl sites for hydroxylation is 1. The van der Waals surface area contributed by atoms with Crippen molar-refractivity contribution in [2.75, 3.05) is 12.8 Å². The van der Waals surface area contributed by atoms with Crippen molar-refractivity contribution in [2.24, 2.45) is 0 Å². The number of pyridine rings is 1. The van der Waals surface area contributed by atoms with E-state index in [1.807, 2.05) is 37.3 Å². The number of aromatic nitrogens is 2. The highest BCUT2D eigenvalue weighted by molar-refractivity contribution is 5.89. The highest BCUT2D eigenvalue weighted by Gasteiger charge is 2.20. The zero-order valence-corrected chi connectivity index (χ0v) is 11.8. The topological polar surface area (TPSA) is 74.2 Å². The van der Waals surface area contributed by atoms with Crippen LogP contribution in [0.25, 0.3) is 22.5 Å².